The number of fused-ring (bicyclic) bond motifs is 1. The molecule has 3 nitrogen and oxygen atoms in total. The summed E-state index contributed by atoms with van der Waals surface area (Å²) in [5.74, 6) is 0. The lowest BCUT2D eigenvalue weighted by Crippen LogP contribution is -1.87. The number of halogens is 2. The number of rotatable bonds is 2. The van der Waals surface area contributed by atoms with E-state index in [-0.39, 0.29) is 0 Å². The lowest BCUT2D eigenvalue weighted by Gasteiger charge is -2.04. The summed E-state index contributed by atoms with van der Waals surface area (Å²) in [6.45, 7) is 0. The Hall–Kier alpha value is -1.17. The van der Waals surface area contributed by atoms with E-state index in [1.54, 1.807) is 30.4 Å². The highest BCUT2D eigenvalue weighted by Crippen LogP contribution is 2.31. The second-order valence-electron chi connectivity index (χ2n) is 3.75. The Kier molecular flexibility index (Phi) is 3.68. The molecule has 0 aliphatic heterocycles. The maximum atomic E-state index is 5.83. The third kappa shape index (κ3) is 2.88. The first-order chi connectivity index (χ1) is 9.22. The van der Waals surface area contributed by atoms with Crippen molar-refractivity contribution in [3.63, 3.8) is 0 Å². The van der Waals surface area contributed by atoms with Crippen LogP contribution in [0.3, 0.4) is 0 Å². The van der Waals surface area contributed by atoms with Gasteiger partial charge < -0.3 is 0 Å². The van der Waals surface area contributed by atoms with Gasteiger partial charge in [-0.1, -0.05) is 23.4 Å². The van der Waals surface area contributed by atoms with Crippen molar-refractivity contribution in [3.05, 3.63) is 52.4 Å². The monoisotopic (exact) mass is 351 g/mol. The molecule has 0 radical (unpaired) electrons. The quantitative estimate of drug-likeness (QED) is 0.676. The Balaban J connectivity index is 2.03. The SMILES string of the molecule is Clc1ccc(Sc2ccnc3cc(Br)cnc23)nc1. The maximum Gasteiger partial charge on any atom is 0.103 e. The van der Waals surface area contributed by atoms with E-state index < -0.39 is 0 Å². The van der Waals surface area contributed by atoms with E-state index in [1.165, 1.54) is 0 Å². The maximum absolute atomic E-state index is 5.83. The third-order valence-corrected chi connectivity index (χ3v) is 4.08. The first kappa shape index (κ1) is 12.8. The Morgan fingerprint density at radius 1 is 1.05 bits per heavy atom. The highest BCUT2D eigenvalue weighted by molar-refractivity contribution is 9.10. The largest absolute Gasteiger partial charge is 0.254 e. The van der Waals surface area contributed by atoms with E-state index in [9.17, 15) is 0 Å². The van der Waals surface area contributed by atoms with Gasteiger partial charge >= 0.3 is 0 Å². The van der Waals surface area contributed by atoms with Gasteiger partial charge in [-0.15, -0.1) is 0 Å². The average Bonchev–Trinajstić information content (AvgIpc) is 2.41. The molecule has 3 aromatic rings. The van der Waals surface area contributed by atoms with Crippen molar-refractivity contribution < 1.29 is 0 Å². The van der Waals surface area contributed by atoms with Crippen LogP contribution in [0.25, 0.3) is 11.0 Å². The van der Waals surface area contributed by atoms with Crippen LogP contribution in [0.5, 0.6) is 0 Å². The molecule has 0 bridgehead atoms. The van der Waals surface area contributed by atoms with Gasteiger partial charge in [-0.25, -0.2) is 4.98 Å². The van der Waals surface area contributed by atoms with Crippen molar-refractivity contribution in [2.75, 3.05) is 0 Å². The molecular formula is C13H7BrClN3S. The lowest BCUT2D eigenvalue weighted by molar-refractivity contribution is 1.13. The van der Waals surface area contributed by atoms with Gasteiger partial charge in [0.15, 0.2) is 0 Å². The van der Waals surface area contributed by atoms with Gasteiger partial charge in [0.1, 0.15) is 10.5 Å². The number of aromatic nitrogens is 3. The molecule has 19 heavy (non-hydrogen) atoms. The summed E-state index contributed by atoms with van der Waals surface area (Å²) in [6, 6.07) is 7.59. The van der Waals surface area contributed by atoms with Gasteiger partial charge in [0, 0.05) is 28.0 Å². The van der Waals surface area contributed by atoms with Crippen LogP contribution in [0, 0.1) is 0 Å². The van der Waals surface area contributed by atoms with Gasteiger partial charge in [-0.05, 0) is 40.2 Å². The fourth-order valence-corrected chi connectivity index (χ4v) is 2.88. The molecule has 0 aromatic carbocycles. The molecule has 3 rings (SSSR count). The zero-order valence-corrected chi connectivity index (χ0v) is 12.7. The van der Waals surface area contributed by atoms with Crippen molar-refractivity contribution >= 4 is 50.3 Å². The average molecular weight is 353 g/mol. The minimum atomic E-state index is 0.631. The fourth-order valence-electron chi connectivity index (χ4n) is 1.60. The van der Waals surface area contributed by atoms with Gasteiger partial charge in [-0.2, -0.15) is 0 Å². The zero-order valence-electron chi connectivity index (χ0n) is 9.55. The van der Waals surface area contributed by atoms with Crippen LogP contribution in [0.4, 0.5) is 0 Å². The highest BCUT2D eigenvalue weighted by Gasteiger charge is 2.06. The number of hydrogen-bond acceptors (Lipinski definition) is 4. The van der Waals surface area contributed by atoms with Crippen molar-refractivity contribution in [1.29, 1.82) is 0 Å². The Morgan fingerprint density at radius 2 is 1.95 bits per heavy atom. The predicted octanol–water partition coefficient (Wildman–Crippen LogP) is 4.59. The normalized spacial score (nSPS) is 10.8. The number of hydrogen-bond donors (Lipinski definition) is 0. The summed E-state index contributed by atoms with van der Waals surface area (Å²) in [5, 5.41) is 1.51. The summed E-state index contributed by atoms with van der Waals surface area (Å²) >= 11 is 10.8. The minimum Gasteiger partial charge on any atom is -0.254 e. The molecule has 0 saturated carbocycles. The smallest absolute Gasteiger partial charge is 0.103 e. The first-order valence-electron chi connectivity index (χ1n) is 5.42. The van der Waals surface area contributed by atoms with Gasteiger partial charge in [0.2, 0.25) is 0 Å². The summed E-state index contributed by atoms with van der Waals surface area (Å²) in [5.41, 5.74) is 1.72. The summed E-state index contributed by atoms with van der Waals surface area (Å²) in [7, 11) is 0. The van der Waals surface area contributed by atoms with E-state index in [2.05, 4.69) is 30.9 Å². The van der Waals surface area contributed by atoms with Crippen LogP contribution in [-0.2, 0) is 0 Å². The van der Waals surface area contributed by atoms with Crippen molar-refractivity contribution in [3.8, 4) is 0 Å². The zero-order chi connectivity index (χ0) is 13.2. The molecule has 0 aliphatic carbocycles. The van der Waals surface area contributed by atoms with Crippen molar-refractivity contribution in [2.24, 2.45) is 0 Å². The van der Waals surface area contributed by atoms with Gasteiger partial charge in [0.05, 0.1) is 10.5 Å². The standard InChI is InChI=1S/C13H7BrClN3S/c14-8-5-10-13(18-6-8)11(3-4-16-10)19-12-2-1-9(15)7-17-12/h1-7H. The van der Waals surface area contributed by atoms with Gasteiger partial charge in [0.25, 0.3) is 0 Å². The topological polar surface area (TPSA) is 38.7 Å². The van der Waals surface area contributed by atoms with Crippen LogP contribution >= 0.6 is 39.3 Å². The Labute approximate surface area is 127 Å². The fraction of sp³-hybridized carbons (Fsp3) is 0. The number of pyridine rings is 3. The number of nitrogens with zero attached hydrogens (tertiary/aromatic N) is 3. The highest BCUT2D eigenvalue weighted by atomic mass is 79.9. The van der Waals surface area contributed by atoms with Crippen LogP contribution in [0.1, 0.15) is 0 Å². The second kappa shape index (κ2) is 5.45. The van der Waals surface area contributed by atoms with Crippen LogP contribution in [0.15, 0.2) is 57.3 Å². The molecule has 0 unspecified atom stereocenters. The second-order valence-corrected chi connectivity index (χ2v) is 6.16. The molecule has 0 spiro atoms. The molecule has 0 saturated heterocycles. The summed E-state index contributed by atoms with van der Waals surface area (Å²) < 4.78 is 0.916. The molecular weight excluding hydrogens is 346 g/mol. The predicted molar refractivity (Wildman–Crippen MR) is 80.6 cm³/mol. The van der Waals surface area contributed by atoms with Crippen molar-refractivity contribution in [1.82, 2.24) is 15.0 Å². The first-order valence-corrected chi connectivity index (χ1v) is 7.41. The Bertz CT molecular complexity index is 734. The molecule has 0 fully saturated rings. The van der Waals surface area contributed by atoms with Crippen LogP contribution in [0.2, 0.25) is 5.02 Å². The van der Waals surface area contributed by atoms with E-state index in [0.717, 1.165) is 25.4 Å². The van der Waals surface area contributed by atoms with E-state index in [1.807, 2.05) is 24.3 Å². The molecule has 0 aliphatic rings. The van der Waals surface area contributed by atoms with E-state index in [4.69, 9.17) is 11.6 Å². The molecule has 0 amide bonds. The molecule has 0 N–H and O–H groups in total. The van der Waals surface area contributed by atoms with Crippen molar-refractivity contribution in [2.45, 2.75) is 9.92 Å². The Morgan fingerprint density at radius 3 is 2.74 bits per heavy atom. The molecule has 3 heterocycles. The van der Waals surface area contributed by atoms with Gasteiger partial charge in [-0.3, -0.25) is 9.97 Å². The molecule has 94 valence electrons. The minimum absolute atomic E-state index is 0.631. The van der Waals surface area contributed by atoms with Crippen LogP contribution < -0.4 is 0 Å². The lowest BCUT2D eigenvalue weighted by atomic mass is 10.3. The third-order valence-electron chi connectivity index (χ3n) is 2.42. The molecule has 0 atom stereocenters. The summed E-state index contributed by atoms with van der Waals surface area (Å²) in [6.07, 6.45) is 5.18. The molecule has 6 heteroatoms. The van der Waals surface area contributed by atoms with E-state index >= 15 is 0 Å². The van der Waals surface area contributed by atoms with E-state index in [0.29, 0.717) is 5.02 Å². The molecule has 3 aromatic heterocycles. The summed E-state index contributed by atoms with van der Waals surface area (Å²) in [4.78, 5) is 14.0. The van der Waals surface area contributed by atoms with Crippen LogP contribution in [-0.4, -0.2) is 15.0 Å².